The van der Waals surface area contributed by atoms with E-state index < -0.39 is 28.5 Å². The van der Waals surface area contributed by atoms with Crippen molar-refractivity contribution in [1.82, 2.24) is 14.8 Å². The molecule has 0 saturated carbocycles. The number of nitrogens with one attached hydrogen (secondary N) is 1. The van der Waals surface area contributed by atoms with Gasteiger partial charge >= 0.3 is 0 Å². The Morgan fingerprint density at radius 3 is 2.60 bits per heavy atom. The van der Waals surface area contributed by atoms with Gasteiger partial charge in [0.25, 0.3) is 0 Å². The number of carbonyl (C=O) groups is 1. The maximum atomic E-state index is 13.4. The van der Waals surface area contributed by atoms with Gasteiger partial charge in [-0.05, 0) is 19.1 Å². The molecule has 8 heteroatoms. The Morgan fingerprint density at radius 1 is 1.40 bits per heavy atom. The minimum Gasteiger partial charge on any atom is -0.320 e. The maximum Gasteiger partial charge on any atom is 0.237 e. The summed E-state index contributed by atoms with van der Waals surface area (Å²) in [6.45, 7) is 1.62. The van der Waals surface area contributed by atoms with Gasteiger partial charge in [-0.25, -0.2) is 8.78 Å². The zero-order chi connectivity index (χ0) is 14.7. The van der Waals surface area contributed by atoms with Gasteiger partial charge in [0.05, 0.1) is 5.25 Å². The molecule has 1 heterocycles. The lowest BCUT2D eigenvalue weighted by atomic mass is 10.3. The molecule has 0 aliphatic rings. The number of carbonyl (C=O) groups excluding carboxylic acids is 1. The van der Waals surface area contributed by atoms with Crippen LogP contribution in [0.2, 0.25) is 0 Å². The third kappa shape index (κ3) is 3.13. The van der Waals surface area contributed by atoms with Crippen molar-refractivity contribution in [2.75, 3.05) is 5.32 Å². The van der Waals surface area contributed by atoms with E-state index in [1.165, 1.54) is 12.4 Å². The number of amides is 1. The maximum absolute atomic E-state index is 13.4. The molecule has 0 radical (unpaired) electrons. The molecule has 0 unspecified atom stereocenters. The molecule has 5 nitrogen and oxygen atoms in total. The fourth-order valence-corrected chi connectivity index (χ4v) is 2.22. The predicted octanol–water partition coefficient (Wildman–Crippen LogP) is 2.21. The average molecular weight is 298 g/mol. The van der Waals surface area contributed by atoms with E-state index >= 15 is 0 Å². The van der Waals surface area contributed by atoms with E-state index in [-0.39, 0.29) is 0 Å². The number of aromatic nitrogens is 3. The molecule has 20 heavy (non-hydrogen) atoms. The van der Waals surface area contributed by atoms with E-state index in [0.717, 1.165) is 23.9 Å². The van der Waals surface area contributed by atoms with E-state index in [1.807, 2.05) is 0 Å². The van der Waals surface area contributed by atoms with Gasteiger partial charge < -0.3 is 9.88 Å². The van der Waals surface area contributed by atoms with E-state index in [4.69, 9.17) is 0 Å². The standard InChI is InChI=1S/C12H12F2N4OS/c1-7(20-12-17-15-6-18(12)2)11(19)16-10-8(13)4-3-5-9(10)14/h3-7H,1-2H3,(H,16,19)/t7-/m1/s1. The van der Waals surface area contributed by atoms with Gasteiger partial charge in [0.15, 0.2) is 5.16 Å². The van der Waals surface area contributed by atoms with Crippen molar-refractivity contribution in [2.45, 2.75) is 17.3 Å². The summed E-state index contributed by atoms with van der Waals surface area (Å²) in [6.07, 6.45) is 1.50. The highest BCUT2D eigenvalue weighted by Crippen LogP contribution is 2.23. The molecule has 1 amide bonds. The number of para-hydroxylation sites is 1. The van der Waals surface area contributed by atoms with Crippen LogP contribution in [-0.4, -0.2) is 25.9 Å². The summed E-state index contributed by atoms with van der Waals surface area (Å²) in [5.74, 6) is -2.13. The second kappa shape index (κ2) is 6.00. The zero-order valence-electron chi connectivity index (χ0n) is 10.8. The molecule has 0 spiro atoms. The molecule has 1 aromatic heterocycles. The molecule has 0 aliphatic carbocycles. The summed E-state index contributed by atoms with van der Waals surface area (Å²) in [5, 5.41) is 9.73. The predicted molar refractivity (Wildman–Crippen MR) is 71.3 cm³/mol. The molecule has 1 aromatic carbocycles. The van der Waals surface area contributed by atoms with Crippen molar-refractivity contribution in [3.05, 3.63) is 36.2 Å². The highest BCUT2D eigenvalue weighted by molar-refractivity contribution is 8.00. The molecule has 2 aromatic rings. The number of thioether (sulfide) groups is 1. The van der Waals surface area contributed by atoms with Crippen molar-refractivity contribution in [1.29, 1.82) is 0 Å². The zero-order valence-corrected chi connectivity index (χ0v) is 11.6. The van der Waals surface area contributed by atoms with Gasteiger partial charge in [-0.3, -0.25) is 4.79 Å². The molecule has 106 valence electrons. The third-order valence-corrected chi connectivity index (χ3v) is 3.68. The lowest BCUT2D eigenvalue weighted by Crippen LogP contribution is -2.24. The highest BCUT2D eigenvalue weighted by atomic mass is 32.2. The summed E-state index contributed by atoms with van der Waals surface area (Å²) in [4.78, 5) is 11.9. The van der Waals surface area contributed by atoms with Crippen LogP contribution in [0.4, 0.5) is 14.5 Å². The quantitative estimate of drug-likeness (QED) is 0.879. The van der Waals surface area contributed by atoms with Crippen molar-refractivity contribution in [2.24, 2.45) is 7.05 Å². The Hall–Kier alpha value is -1.96. The number of rotatable bonds is 4. The van der Waals surface area contributed by atoms with Crippen molar-refractivity contribution < 1.29 is 13.6 Å². The summed E-state index contributed by atoms with van der Waals surface area (Å²) < 4.78 is 28.5. The van der Waals surface area contributed by atoms with Crippen LogP contribution in [0.5, 0.6) is 0 Å². The SMILES string of the molecule is C[C@@H](Sc1nncn1C)C(=O)Nc1c(F)cccc1F. The fraction of sp³-hybridized carbons (Fsp3) is 0.250. The molecule has 1 atom stereocenters. The van der Waals surface area contributed by atoms with E-state index in [9.17, 15) is 13.6 Å². The Morgan fingerprint density at radius 2 is 2.05 bits per heavy atom. The topological polar surface area (TPSA) is 59.8 Å². The number of benzene rings is 1. The van der Waals surface area contributed by atoms with Gasteiger partial charge in [0, 0.05) is 7.05 Å². The number of nitrogens with zero attached hydrogens (tertiary/aromatic N) is 3. The van der Waals surface area contributed by atoms with E-state index in [2.05, 4.69) is 15.5 Å². The largest absolute Gasteiger partial charge is 0.320 e. The lowest BCUT2D eigenvalue weighted by molar-refractivity contribution is -0.115. The van der Waals surface area contributed by atoms with Gasteiger partial charge in [0.2, 0.25) is 5.91 Å². The first-order valence-corrected chi connectivity index (χ1v) is 6.62. The minimum absolute atomic E-state index is 0.442. The minimum atomic E-state index is -0.811. The normalized spacial score (nSPS) is 12.2. The van der Waals surface area contributed by atoms with Gasteiger partial charge in [-0.2, -0.15) is 0 Å². The first-order chi connectivity index (χ1) is 9.49. The second-order valence-electron chi connectivity index (χ2n) is 4.07. The lowest BCUT2D eigenvalue weighted by Gasteiger charge is -2.12. The van der Waals surface area contributed by atoms with Crippen LogP contribution in [0.3, 0.4) is 0 Å². The first kappa shape index (κ1) is 14.4. The second-order valence-corrected chi connectivity index (χ2v) is 5.38. The molecule has 0 bridgehead atoms. The summed E-state index contributed by atoms with van der Waals surface area (Å²) in [7, 11) is 1.74. The number of hydrogen-bond acceptors (Lipinski definition) is 4. The summed E-state index contributed by atoms with van der Waals surface area (Å²) >= 11 is 1.15. The van der Waals surface area contributed by atoms with Crippen molar-refractivity contribution in [3.8, 4) is 0 Å². The smallest absolute Gasteiger partial charge is 0.237 e. The van der Waals surface area contributed by atoms with E-state index in [0.29, 0.717) is 5.16 Å². The molecular formula is C12H12F2N4OS. The van der Waals surface area contributed by atoms with Crippen molar-refractivity contribution >= 4 is 23.4 Å². The van der Waals surface area contributed by atoms with Crippen LogP contribution in [0.1, 0.15) is 6.92 Å². The monoisotopic (exact) mass is 298 g/mol. The van der Waals surface area contributed by atoms with Crippen LogP contribution >= 0.6 is 11.8 Å². The van der Waals surface area contributed by atoms with Gasteiger partial charge in [-0.1, -0.05) is 17.8 Å². The Kier molecular flexibility index (Phi) is 4.33. The fourth-order valence-electron chi connectivity index (χ4n) is 1.43. The number of aryl methyl sites for hydroxylation is 1. The molecule has 0 aliphatic heterocycles. The van der Waals surface area contributed by atoms with Crippen LogP contribution in [0.15, 0.2) is 29.7 Å². The average Bonchev–Trinajstić information content (AvgIpc) is 2.79. The van der Waals surface area contributed by atoms with Gasteiger partial charge in [-0.15, -0.1) is 10.2 Å². The molecule has 2 rings (SSSR count). The van der Waals surface area contributed by atoms with Crippen LogP contribution in [-0.2, 0) is 11.8 Å². The number of hydrogen-bond donors (Lipinski definition) is 1. The van der Waals surface area contributed by atoms with Crippen molar-refractivity contribution in [3.63, 3.8) is 0 Å². The summed E-state index contributed by atoms with van der Waals surface area (Å²) in [6, 6.07) is 3.40. The van der Waals surface area contributed by atoms with Crippen LogP contribution in [0.25, 0.3) is 0 Å². The third-order valence-electron chi connectivity index (χ3n) is 2.53. The summed E-state index contributed by atoms with van der Waals surface area (Å²) in [5.41, 5.74) is -0.442. The molecule has 1 N–H and O–H groups in total. The van der Waals surface area contributed by atoms with Crippen LogP contribution < -0.4 is 5.32 Å². The number of halogens is 2. The Labute approximate surface area is 118 Å². The van der Waals surface area contributed by atoms with Crippen LogP contribution in [0, 0.1) is 11.6 Å². The van der Waals surface area contributed by atoms with Gasteiger partial charge in [0.1, 0.15) is 23.6 Å². The highest BCUT2D eigenvalue weighted by Gasteiger charge is 2.20. The Bertz CT molecular complexity index is 611. The Balaban J connectivity index is 2.06. The number of anilines is 1. The van der Waals surface area contributed by atoms with E-state index in [1.54, 1.807) is 18.5 Å². The first-order valence-electron chi connectivity index (χ1n) is 5.74. The molecular weight excluding hydrogens is 286 g/mol. The molecule has 0 saturated heterocycles. The molecule has 0 fully saturated rings.